The molecule has 3 rings (SSSR count). The molecular formula is C19H19NO4S. The van der Waals surface area contributed by atoms with Crippen molar-refractivity contribution in [2.24, 2.45) is 0 Å². The van der Waals surface area contributed by atoms with Crippen molar-refractivity contribution in [2.75, 3.05) is 20.3 Å². The molecular weight excluding hydrogens is 338 g/mol. The summed E-state index contributed by atoms with van der Waals surface area (Å²) in [6.45, 7) is 0.894. The Balaban J connectivity index is 2.06. The van der Waals surface area contributed by atoms with Gasteiger partial charge in [-0.1, -0.05) is 36.4 Å². The number of rotatable bonds is 6. The zero-order valence-corrected chi connectivity index (χ0v) is 14.7. The van der Waals surface area contributed by atoms with Gasteiger partial charge in [0.2, 0.25) is 0 Å². The average Bonchev–Trinajstić information content (AvgIpc) is 3.24. The summed E-state index contributed by atoms with van der Waals surface area (Å²) >= 11 is 1.46. The molecule has 1 aromatic heterocycles. The monoisotopic (exact) mass is 357 g/mol. The Morgan fingerprint density at radius 2 is 1.96 bits per heavy atom. The summed E-state index contributed by atoms with van der Waals surface area (Å²) in [6.07, 6.45) is 0.622. The third-order valence-electron chi connectivity index (χ3n) is 4.15. The van der Waals surface area contributed by atoms with Crippen LogP contribution in [-0.4, -0.2) is 42.0 Å². The number of likely N-dealkylation sites (tertiary alicyclic amines) is 1. The lowest BCUT2D eigenvalue weighted by molar-refractivity contribution is -0.140. The second-order valence-corrected chi connectivity index (χ2v) is 6.70. The Morgan fingerprint density at radius 3 is 2.60 bits per heavy atom. The van der Waals surface area contributed by atoms with E-state index in [9.17, 15) is 14.7 Å². The zero-order valence-electron chi connectivity index (χ0n) is 13.8. The van der Waals surface area contributed by atoms with Crippen LogP contribution in [0.3, 0.4) is 0 Å². The molecule has 2 heterocycles. The van der Waals surface area contributed by atoms with E-state index in [4.69, 9.17) is 4.74 Å². The second-order valence-electron chi connectivity index (χ2n) is 5.72. The number of carbonyl (C=O) groups is 2. The van der Waals surface area contributed by atoms with Crippen LogP contribution < -0.4 is 0 Å². The average molecular weight is 357 g/mol. The van der Waals surface area contributed by atoms with Gasteiger partial charge in [0.15, 0.2) is 0 Å². The van der Waals surface area contributed by atoms with Gasteiger partial charge < -0.3 is 14.7 Å². The summed E-state index contributed by atoms with van der Waals surface area (Å²) in [5.74, 6) is -1.35. The molecule has 0 bridgehead atoms. The Morgan fingerprint density at radius 1 is 1.20 bits per heavy atom. The van der Waals surface area contributed by atoms with Gasteiger partial charge in [0.25, 0.3) is 11.7 Å². The van der Waals surface area contributed by atoms with Crippen LogP contribution in [0.2, 0.25) is 0 Å². The van der Waals surface area contributed by atoms with Gasteiger partial charge in [-0.25, -0.2) is 0 Å². The van der Waals surface area contributed by atoms with Crippen molar-refractivity contribution >= 4 is 28.8 Å². The first-order valence-electron chi connectivity index (χ1n) is 8.01. The second kappa shape index (κ2) is 7.63. The first-order chi connectivity index (χ1) is 12.1. The Labute approximate surface area is 150 Å². The molecule has 1 aliphatic heterocycles. The van der Waals surface area contributed by atoms with Gasteiger partial charge in [-0.15, -0.1) is 11.3 Å². The van der Waals surface area contributed by atoms with Crippen molar-refractivity contribution in [3.8, 4) is 0 Å². The zero-order chi connectivity index (χ0) is 17.8. The van der Waals surface area contributed by atoms with Gasteiger partial charge in [-0.05, 0) is 17.9 Å². The van der Waals surface area contributed by atoms with Crippen LogP contribution in [0.4, 0.5) is 0 Å². The van der Waals surface area contributed by atoms with E-state index in [-0.39, 0.29) is 11.3 Å². The van der Waals surface area contributed by atoms with Crippen LogP contribution in [0.25, 0.3) is 5.76 Å². The molecule has 5 nitrogen and oxygen atoms in total. The third kappa shape index (κ3) is 3.36. The SMILES string of the molecule is COCCCN1C(=O)C(=O)/C(=C(\O)c2ccccc2)C1c1cccs1. The van der Waals surface area contributed by atoms with Crippen LogP contribution in [0, 0.1) is 0 Å². The molecule has 1 amide bonds. The fraction of sp³-hybridized carbons (Fsp3) is 0.263. The molecule has 1 aromatic carbocycles. The maximum atomic E-state index is 12.6. The minimum Gasteiger partial charge on any atom is -0.507 e. The fourth-order valence-electron chi connectivity index (χ4n) is 2.98. The van der Waals surface area contributed by atoms with E-state index < -0.39 is 17.7 Å². The lowest BCUT2D eigenvalue weighted by atomic mass is 10.00. The number of benzene rings is 1. The van der Waals surface area contributed by atoms with Crippen molar-refractivity contribution in [1.82, 2.24) is 4.90 Å². The number of carbonyl (C=O) groups excluding carboxylic acids is 2. The quantitative estimate of drug-likeness (QED) is 0.373. The molecule has 0 spiro atoms. The molecule has 1 unspecified atom stereocenters. The lowest BCUT2D eigenvalue weighted by Crippen LogP contribution is -2.31. The van der Waals surface area contributed by atoms with Crippen LogP contribution in [0.1, 0.15) is 22.9 Å². The standard InChI is InChI=1S/C19H19NO4S/c1-24-11-6-10-20-16(14-9-5-12-25-14)15(18(22)19(20)23)17(21)13-7-3-2-4-8-13/h2-5,7-9,12,16,21H,6,10-11H2,1H3/b17-15-. The van der Waals surface area contributed by atoms with E-state index in [1.54, 1.807) is 31.4 Å². The molecule has 130 valence electrons. The van der Waals surface area contributed by atoms with E-state index in [0.717, 1.165) is 4.88 Å². The third-order valence-corrected chi connectivity index (χ3v) is 5.07. The fourth-order valence-corrected chi connectivity index (χ4v) is 3.83. The summed E-state index contributed by atoms with van der Waals surface area (Å²) in [5, 5.41) is 12.6. The number of hydrogen-bond acceptors (Lipinski definition) is 5. The predicted octanol–water partition coefficient (Wildman–Crippen LogP) is 3.21. The van der Waals surface area contributed by atoms with E-state index in [1.807, 2.05) is 23.6 Å². The van der Waals surface area contributed by atoms with Gasteiger partial charge in [-0.3, -0.25) is 9.59 Å². The van der Waals surface area contributed by atoms with Crippen molar-refractivity contribution < 1.29 is 19.4 Å². The normalized spacial score (nSPS) is 19.6. The van der Waals surface area contributed by atoms with E-state index >= 15 is 0 Å². The Kier molecular flexibility index (Phi) is 5.31. The highest BCUT2D eigenvalue weighted by atomic mass is 32.1. The number of Topliss-reactive ketones (excluding diaryl/α,β-unsaturated/α-hetero) is 1. The molecule has 1 aliphatic rings. The van der Waals surface area contributed by atoms with Crippen molar-refractivity contribution in [1.29, 1.82) is 0 Å². The van der Waals surface area contributed by atoms with Crippen LogP contribution >= 0.6 is 11.3 Å². The highest BCUT2D eigenvalue weighted by molar-refractivity contribution is 7.10. The van der Waals surface area contributed by atoms with Crippen LogP contribution in [0.15, 0.2) is 53.4 Å². The lowest BCUT2D eigenvalue weighted by Gasteiger charge is -2.23. The van der Waals surface area contributed by atoms with Gasteiger partial charge in [0, 0.05) is 30.7 Å². The highest BCUT2D eigenvalue weighted by Gasteiger charge is 2.46. The van der Waals surface area contributed by atoms with Gasteiger partial charge in [-0.2, -0.15) is 0 Å². The highest BCUT2D eigenvalue weighted by Crippen LogP contribution is 2.40. The van der Waals surface area contributed by atoms with E-state index in [1.165, 1.54) is 16.2 Å². The molecule has 1 N–H and O–H groups in total. The summed E-state index contributed by atoms with van der Waals surface area (Å²) in [5.41, 5.74) is 0.676. The smallest absolute Gasteiger partial charge is 0.295 e. The maximum Gasteiger partial charge on any atom is 0.295 e. The number of ketones is 1. The molecule has 0 radical (unpaired) electrons. The van der Waals surface area contributed by atoms with Crippen LogP contribution in [-0.2, 0) is 14.3 Å². The summed E-state index contributed by atoms with van der Waals surface area (Å²) in [4.78, 5) is 27.6. The van der Waals surface area contributed by atoms with Crippen LogP contribution in [0.5, 0.6) is 0 Å². The molecule has 6 heteroatoms. The van der Waals surface area contributed by atoms with Gasteiger partial charge in [0.05, 0.1) is 11.6 Å². The maximum absolute atomic E-state index is 12.6. The van der Waals surface area contributed by atoms with Crippen molar-refractivity contribution in [3.63, 3.8) is 0 Å². The largest absolute Gasteiger partial charge is 0.507 e. The molecule has 1 atom stereocenters. The molecule has 0 saturated carbocycles. The van der Waals surface area contributed by atoms with Crippen molar-refractivity contribution in [3.05, 3.63) is 63.9 Å². The Hall–Kier alpha value is -2.44. The first-order valence-corrected chi connectivity index (χ1v) is 8.89. The predicted molar refractivity (Wildman–Crippen MR) is 96.3 cm³/mol. The summed E-state index contributed by atoms with van der Waals surface area (Å²) in [6, 6.07) is 12.0. The van der Waals surface area contributed by atoms with Crippen molar-refractivity contribution in [2.45, 2.75) is 12.5 Å². The first kappa shape index (κ1) is 17.4. The Bertz CT molecular complexity index is 783. The minimum atomic E-state index is -0.642. The number of aliphatic hydroxyl groups excluding tert-OH is 1. The number of methoxy groups -OCH3 is 1. The number of amides is 1. The van der Waals surface area contributed by atoms with E-state index in [0.29, 0.717) is 25.1 Å². The molecule has 1 fully saturated rings. The molecule has 0 aliphatic carbocycles. The number of thiophene rings is 1. The number of hydrogen-bond donors (Lipinski definition) is 1. The molecule has 25 heavy (non-hydrogen) atoms. The van der Waals surface area contributed by atoms with Gasteiger partial charge >= 0.3 is 0 Å². The molecule has 2 aromatic rings. The minimum absolute atomic E-state index is 0.133. The topological polar surface area (TPSA) is 66.8 Å². The summed E-state index contributed by atoms with van der Waals surface area (Å²) < 4.78 is 5.05. The van der Waals surface area contributed by atoms with E-state index in [2.05, 4.69) is 0 Å². The van der Waals surface area contributed by atoms with Gasteiger partial charge in [0.1, 0.15) is 5.76 Å². The number of ether oxygens (including phenoxy) is 1. The molecule has 1 saturated heterocycles. The number of nitrogens with zero attached hydrogens (tertiary/aromatic N) is 1. The summed E-state index contributed by atoms with van der Waals surface area (Å²) in [7, 11) is 1.60. The number of aliphatic hydroxyl groups is 1.